The monoisotopic (exact) mass is 359 g/mol. The zero-order chi connectivity index (χ0) is 18.4. The quantitative estimate of drug-likeness (QED) is 0.791. The largest absolute Gasteiger partial charge is 0.469 e. The smallest absolute Gasteiger partial charge is 0.307 e. The molecule has 6 nitrogen and oxygen atoms in total. The number of amides is 1. The molecule has 2 saturated heterocycles. The van der Waals surface area contributed by atoms with E-state index < -0.39 is 0 Å². The summed E-state index contributed by atoms with van der Waals surface area (Å²) in [7, 11) is 1.41. The van der Waals surface area contributed by atoms with Crippen molar-refractivity contribution >= 4 is 23.3 Å². The summed E-state index contributed by atoms with van der Waals surface area (Å²) in [6.45, 7) is 3.39. The molecule has 26 heavy (non-hydrogen) atoms. The average molecular weight is 359 g/mol. The van der Waals surface area contributed by atoms with Crippen molar-refractivity contribution in [1.29, 1.82) is 0 Å². The van der Waals surface area contributed by atoms with E-state index in [1.807, 2.05) is 12.1 Å². The van der Waals surface area contributed by atoms with Gasteiger partial charge < -0.3 is 15.0 Å². The Morgan fingerprint density at radius 1 is 1.08 bits per heavy atom. The standard InChI is InChI=1S/C20H29N3O3/c1-26-20(25)14-18-6-2-3-13-23(18)15-19(24)21-16-7-9-17(10-8-16)22-11-4-5-12-22/h7-10,18H,2-6,11-15H2,1H3,(H,21,24)/t18-/m1/s1. The number of carbonyl (C=O) groups excluding carboxylic acids is 2. The number of piperidine rings is 1. The number of anilines is 2. The van der Waals surface area contributed by atoms with Crippen LogP contribution in [0.3, 0.4) is 0 Å². The summed E-state index contributed by atoms with van der Waals surface area (Å²) in [5.74, 6) is -0.240. The molecule has 1 amide bonds. The summed E-state index contributed by atoms with van der Waals surface area (Å²) in [6, 6.07) is 8.17. The van der Waals surface area contributed by atoms with Gasteiger partial charge in [-0.15, -0.1) is 0 Å². The highest BCUT2D eigenvalue weighted by molar-refractivity contribution is 5.92. The lowest BCUT2D eigenvalue weighted by molar-refractivity contribution is -0.142. The van der Waals surface area contributed by atoms with Gasteiger partial charge in [-0.3, -0.25) is 14.5 Å². The number of hydrogen-bond acceptors (Lipinski definition) is 5. The fourth-order valence-corrected chi connectivity index (χ4v) is 3.89. The molecule has 2 aliphatic heterocycles. The molecule has 1 N–H and O–H groups in total. The molecule has 1 atom stereocenters. The Labute approximate surface area is 155 Å². The van der Waals surface area contributed by atoms with Crippen LogP contribution in [0.4, 0.5) is 11.4 Å². The van der Waals surface area contributed by atoms with Gasteiger partial charge in [0.05, 0.1) is 20.1 Å². The number of methoxy groups -OCH3 is 1. The maximum atomic E-state index is 12.4. The molecule has 0 saturated carbocycles. The summed E-state index contributed by atoms with van der Waals surface area (Å²) in [5.41, 5.74) is 2.04. The highest BCUT2D eigenvalue weighted by atomic mass is 16.5. The van der Waals surface area contributed by atoms with Crippen molar-refractivity contribution in [2.75, 3.05) is 43.5 Å². The molecule has 0 aliphatic carbocycles. The lowest BCUT2D eigenvalue weighted by atomic mass is 9.99. The molecule has 3 rings (SSSR count). The highest BCUT2D eigenvalue weighted by Crippen LogP contribution is 2.23. The number of likely N-dealkylation sites (tertiary alicyclic amines) is 1. The fraction of sp³-hybridized carbons (Fsp3) is 0.600. The number of hydrogen-bond donors (Lipinski definition) is 1. The van der Waals surface area contributed by atoms with Crippen LogP contribution in [0.1, 0.15) is 38.5 Å². The summed E-state index contributed by atoms with van der Waals surface area (Å²) in [6.07, 6.45) is 5.95. The normalized spacial score (nSPS) is 20.8. The lowest BCUT2D eigenvalue weighted by Crippen LogP contribution is -2.45. The van der Waals surface area contributed by atoms with Gasteiger partial charge in [0, 0.05) is 30.5 Å². The second-order valence-electron chi connectivity index (χ2n) is 7.19. The molecule has 0 spiro atoms. The van der Waals surface area contributed by atoms with Crippen LogP contribution in [0.2, 0.25) is 0 Å². The second-order valence-corrected chi connectivity index (χ2v) is 7.19. The third-order valence-corrected chi connectivity index (χ3v) is 5.35. The first-order chi connectivity index (χ1) is 12.7. The molecule has 142 valence electrons. The molecule has 6 heteroatoms. The Bertz CT molecular complexity index is 611. The van der Waals surface area contributed by atoms with Crippen molar-refractivity contribution in [3.05, 3.63) is 24.3 Å². The van der Waals surface area contributed by atoms with Crippen molar-refractivity contribution in [2.45, 2.75) is 44.6 Å². The molecular formula is C20H29N3O3. The van der Waals surface area contributed by atoms with E-state index >= 15 is 0 Å². The molecule has 0 aromatic heterocycles. The molecule has 1 aromatic carbocycles. The van der Waals surface area contributed by atoms with E-state index in [0.29, 0.717) is 13.0 Å². The van der Waals surface area contributed by atoms with Gasteiger partial charge in [-0.05, 0) is 56.5 Å². The van der Waals surface area contributed by atoms with Crippen LogP contribution < -0.4 is 10.2 Å². The SMILES string of the molecule is COC(=O)C[C@H]1CCCCN1CC(=O)Nc1ccc(N2CCCC2)cc1. The van der Waals surface area contributed by atoms with Crippen LogP contribution in [0, 0.1) is 0 Å². The van der Waals surface area contributed by atoms with E-state index in [-0.39, 0.29) is 17.9 Å². The topological polar surface area (TPSA) is 61.9 Å². The second kappa shape index (κ2) is 9.03. The molecule has 0 unspecified atom stereocenters. The van der Waals surface area contributed by atoms with E-state index in [0.717, 1.165) is 44.6 Å². The number of esters is 1. The minimum Gasteiger partial charge on any atom is -0.469 e. The minimum absolute atomic E-state index is 0.0318. The van der Waals surface area contributed by atoms with Gasteiger partial charge in [0.1, 0.15) is 0 Å². The van der Waals surface area contributed by atoms with Crippen LogP contribution in [0.25, 0.3) is 0 Å². The van der Waals surface area contributed by atoms with Gasteiger partial charge in [0.25, 0.3) is 0 Å². The van der Waals surface area contributed by atoms with E-state index in [4.69, 9.17) is 4.74 Å². The Kier molecular flexibility index (Phi) is 6.50. The van der Waals surface area contributed by atoms with Gasteiger partial charge in [0.2, 0.25) is 5.91 Å². The van der Waals surface area contributed by atoms with E-state index in [1.54, 1.807) is 0 Å². The lowest BCUT2D eigenvalue weighted by Gasteiger charge is -2.34. The Balaban J connectivity index is 1.52. The Hall–Kier alpha value is -2.08. The molecular weight excluding hydrogens is 330 g/mol. The van der Waals surface area contributed by atoms with Crippen LogP contribution in [-0.4, -0.2) is 56.1 Å². The van der Waals surface area contributed by atoms with Crippen molar-refractivity contribution in [2.24, 2.45) is 0 Å². The number of carbonyl (C=O) groups is 2. The average Bonchev–Trinajstić information content (AvgIpc) is 3.18. The van der Waals surface area contributed by atoms with E-state index in [9.17, 15) is 9.59 Å². The molecule has 1 aromatic rings. The van der Waals surface area contributed by atoms with Gasteiger partial charge in [-0.25, -0.2) is 0 Å². The predicted molar refractivity (Wildman–Crippen MR) is 102 cm³/mol. The van der Waals surface area contributed by atoms with Crippen molar-refractivity contribution < 1.29 is 14.3 Å². The molecule has 2 fully saturated rings. The van der Waals surface area contributed by atoms with Gasteiger partial charge in [-0.1, -0.05) is 6.42 Å². The summed E-state index contributed by atoms with van der Waals surface area (Å²) >= 11 is 0. The number of ether oxygens (including phenoxy) is 1. The zero-order valence-electron chi connectivity index (χ0n) is 15.6. The number of nitrogens with one attached hydrogen (secondary N) is 1. The number of rotatable bonds is 6. The maximum absolute atomic E-state index is 12.4. The summed E-state index contributed by atoms with van der Waals surface area (Å²) < 4.78 is 4.79. The van der Waals surface area contributed by atoms with Crippen LogP contribution in [-0.2, 0) is 14.3 Å². The molecule has 2 heterocycles. The van der Waals surface area contributed by atoms with Crippen LogP contribution in [0.15, 0.2) is 24.3 Å². The predicted octanol–water partition coefficient (Wildman–Crippen LogP) is 2.64. The number of nitrogens with zero attached hydrogens (tertiary/aromatic N) is 2. The van der Waals surface area contributed by atoms with Crippen LogP contribution >= 0.6 is 0 Å². The third kappa shape index (κ3) is 4.97. The highest BCUT2D eigenvalue weighted by Gasteiger charge is 2.26. The summed E-state index contributed by atoms with van der Waals surface area (Å²) in [4.78, 5) is 28.5. The van der Waals surface area contributed by atoms with E-state index in [1.165, 1.54) is 25.6 Å². The van der Waals surface area contributed by atoms with Gasteiger partial charge >= 0.3 is 5.97 Å². The van der Waals surface area contributed by atoms with Gasteiger partial charge in [-0.2, -0.15) is 0 Å². The molecule has 2 aliphatic rings. The summed E-state index contributed by atoms with van der Waals surface area (Å²) in [5, 5.41) is 2.98. The first-order valence-electron chi connectivity index (χ1n) is 9.61. The fourth-order valence-electron chi connectivity index (χ4n) is 3.89. The Morgan fingerprint density at radius 2 is 1.77 bits per heavy atom. The van der Waals surface area contributed by atoms with Crippen molar-refractivity contribution in [3.8, 4) is 0 Å². The van der Waals surface area contributed by atoms with Crippen molar-refractivity contribution in [3.63, 3.8) is 0 Å². The first-order valence-corrected chi connectivity index (χ1v) is 9.61. The van der Waals surface area contributed by atoms with Gasteiger partial charge in [0.15, 0.2) is 0 Å². The first kappa shape index (κ1) is 18.7. The van der Waals surface area contributed by atoms with Crippen LogP contribution in [0.5, 0.6) is 0 Å². The molecule has 0 radical (unpaired) electrons. The zero-order valence-corrected chi connectivity index (χ0v) is 15.6. The third-order valence-electron chi connectivity index (χ3n) is 5.35. The van der Waals surface area contributed by atoms with E-state index in [2.05, 4.69) is 27.2 Å². The maximum Gasteiger partial charge on any atom is 0.307 e. The van der Waals surface area contributed by atoms with Crippen molar-refractivity contribution in [1.82, 2.24) is 4.90 Å². The molecule has 0 bridgehead atoms. The number of benzene rings is 1. The minimum atomic E-state index is -0.209. The Morgan fingerprint density at radius 3 is 2.46 bits per heavy atom.